The molecule has 0 fully saturated rings. The van der Waals surface area contributed by atoms with Crippen LogP contribution in [0.15, 0.2) is 4.52 Å². The third-order valence-electron chi connectivity index (χ3n) is 3.44. The van der Waals surface area contributed by atoms with E-state index in [4.69, 9.17) is 4.52 Å². The van der Waals surface area contributed by atoms with Gasteiger partial charge in [-0.25, -0.2) is 0 Å². The van der Waals surface area contributed by atoms with Crippen LogP contribution in [0.25, 0.3) is 0 Å². The highest BCUT2D eigenvalue weighted by Crippen LogP contribution is 2.31. The first-order valence-corrected chi connectivity index (χ1v) is 6.31. The molecule has 0 aliphatic heterocycles. The summed E-state index contributed by atoms with van der Waals surface area (Å²) in [5, 5.41) is 13.3. The predicted molar refractivity (Wildman–Crippen MR) is 67.4 cm³/mol. The molecule has 102 valence electrons. The average Bonchev–Trinajstić information content (AvgIpc) is 2.73. The van der Waals surface area contributed by atoms with Crippen molar-refractivity contribution >= 4 is 5.97 Å². The lowest BCUT2D eigenvalue weighted by Crippen LogP contribution is -2.32. The van der Waals surface area contributed by atoms with Crippen LogP contribution in [0.4, 0.5) is 0 Å². The molecule has 0 spiro atoms. The van der Waals surface area contributed by atoms with Crippen molar-refractivity contribution in [1.29, 1.82) is 0 Å². The third-order valence-corrected chi connectivity index (χ3v) is 3.44. The summed E-state index contributed by atoms with van der Waals surface area (Å²) in [5.74, 6) is 0.220. The number of aromatic nitrogens is 2. The number of hydrogen-bond donors (Lipinski definition) is 1. The number of carboxylic acid groups (broad SMARTS) is 1. The van der Waals surface area contributed by atoms with E-state index in [0.717, 1.165) is 0 Å². The van der Waals surface area contributed by atoms with Crippen LogP contribution >= 0.6 is 0 Å². The zero-order valence-electron chi connectivity index (χ0n) is 11.8. The molecular weight excluding hydrogens is 232 g/mol. The lowest BCUT2D eigenvalue weighted by molar-refractivity contribution is -0.149. The molecule has 0 aromatic carbocycles. The Bertz CT molecular complexity index is 414. The lowest BCUT2D eigenvalue weighted by Gasteiger charge is -2.24. The maximum Gasteiger partial charge on any atom is 0.310 e. The highest BCUT2D eigenvalue weighted by atomic mass is 16.5. The van der Waals surface area contributed by atoms with E-state index in [1.165, 1.54) is 0 Å². The lowest BCUT2D eigenvalue weighted by atomic mass is 9.79. The second-order valence-corrected chi connectivity index (χ2v) is 5.73. The Morgan fingerprint density at radius 2 is 1.83 bits per heavy atom. The molecule has 18 heavy (non-hydrogen) atoms. The summed E-state index contributed by atoms with van der Waals surface area (Å²) in [6.45, 7) is 9.72. The van der Waals surface area contributed by atoms with Gasteiger partial charge < -0.3 is 9.63 Å². The van der Waals surface area contributed by atoms with Crippen LogP contribution in [0, 0.1) is 5.41 Å². The minimum Gasteiger partial charge on any atom is -0.481 e. The van der Waals surface area contributed by atoms with E-state index in [9.17, 15) is 9.90 Å². The van der Waals surface area contributed by atoms with Crippen LogP contribution in [0.5, 0.6) is 0 Å². The zero-order valence-corrected chi connectivity index (χ0v) is 11.8. The van der Waals surface area contributed by atoms with Gasteiger partial charge in [0.15, 0.2) is 5.82 Å². The third kappa shape index (κ3) is 2.89. The first kappa shape index (κ1) is 14.7. The molecular formula is C13H22N2O3. The van der Waals surface area contributed by atoms with Crippen molar-refractivity contribution in [2.45, 2.75) is 59.3 Å². The van der Waals surface area contributed by atoms with Crippen molar-refractivity contribution in [2.24, 2.45) is 5.41 Å². The minimum absolute atomic E-state index is 0.188. The van der Waals surface area contributed by atoms with E-state index in [2.05, 4.69) is 10.1 Å². The van der Waals surface area contributed by atoms with Gasteiger partial charge in [0.1, 0.15) is 0 Å². The van der Waals surface area contributed by atoms with Crippen molar-refractivity contribution in [2.75, 3.05) is 0 Å². The summed E-state index contributed by atoms with van der Waals surface area (Å²) in [6, 6.07) is 0. The molecule has 0 atom stereocenters. The van der Waals surface area contributed by atoms with E-state index in [1.54, 1.807) is 0 Å². The SMILES string of the molecule is CCC(CC)(Cc1nc(C(C)(C)C)no1)C(=O)O. The van der Waals surface area contributed by atoms with Crippen LogP contribution in [0.2, 0.25) is 0 Å². The van der Waals surface area contributed by atoms with E-state index in [-0.39, 0.29) is 5.41 Å². The Kier molecular flexibility index (Phi) is 4.14. The van der Waals surface area contributed by atoms with Crippen LogP contribution in [0.3, 0.4) is 0 Å². The normalized spacial score (nSPS) is 12.7. The highest BCUT2D eigenvalue weighted by molar-refractivity contribution is 5.74. The van der Waals surface area contributed by atoms with E-state index >= 15 is 0 Å². The van der Waals surface area contributed by atoms with Crippen molar-refractivity contribution in [3.63, 3.8) is 0 Å². The van der Waals surface area contributed by atoms with Crippen LogP contribution in [0.1, 0.15) is 59.2 Å². The molecule has 5 heteroatoms. The second kappa shape index (κ2) is 5.08. The first-order chi connectivity index (χ1) is 8.25. The molecule has 1 aromatic heterocycles. The zero-order chi connectivity index (χ0) is 14.0. The van der Waals surface area contributed by atoms with Gasteiger partial charge in [-0.1, -0.05) is 39.8 Å². The molecule has 0 aliphatic carbocycles. The van der Waals surface area contributed by atoms with Gasteiger partial charge in [0.25, 0.3) is 0 Å². The van der Waals surface area contributed by atoms with Crippen LogP contribution in [-0.4, -0.2) is 21.2 Å². The molecule has 0 saturated heterocycles. The Balaban J connectivity index is 2.96. The minimum atomic E-state index is -0.804. The Labute approximate surface area is 108 Å². The fraction of sp³-hybridized carbons (Fsp3) is 0.769. The molecule has 1 rings (SSSR count). The monoisotopic (exact) mass is 254 g/mol. The molecule has 0 aliphatic rings. The smallest absolute Gasteiger partial charge is 0.310 e. The molecule has 0 unspecified atom stereocenters. The number of carbonyl (C=O) groups is 1. The van der Waals surface area contributed by atoms with Gasteiger partial charge in [0.05, 0.1) is 5.41 Å². The molecule has 0 radical (unpaired) electrons. The summed E-state index contributed by atoms with van der Waals surface area (Å²) < 4.78 is 5.18. The van der Waals surface area contributed by atoms with Gasteiger partial charge in [-0.2, -0.15) is 4.98 Å². The predicted octanol–water partition coefficient (Wildman–Crippen LogP) is 2.80. The van der Waals surface area contributed by atoms with Crippen LogP contribution in [-0.2, 0) is 16.6 Å². The standard InChI is InChI=1S/C13H22N2O3/c1-6-13(7-2,11(16)17)8-9-14-10(15-18-9)12(3,4)5/h6-8H2,1-5H3,(H,16,17). The van der Waals surface area contributed by atoms with Crippen LogP contribution < -0.4 is 0 Å². The molecule has 5 nitrogen and oxygen atoms in total. The van der Waals surface area contributed by atoms with Crippen molar-refractivity contribution in [3.8, 4) is 0 Å². The van der Waals surface area contributed by atoms with Gasteiger partial charge in [0, 0.05) is 11.8 Å². The summed E-state index contributed by atoms with van der Waals surface area (Å²) in [7, 11) is 0. The van der Waals surface area contributed by atoms with Crippen molar-refractivity contribution in [1.82, 2.24) is 10.1 Å². The maximum atomic E-state index is 11.4. The van der Waals surface area contributed by atoms with Crippen molar-refractivity contribution < 1.29 is 14.4 Å². The molecule has 1 N–H and O–H groups in total. The number of hydrogen-bond acceptors (Lipinski definition) is 4. The molecule has 0 amide bonds. The molecule has 0 saturated carbocycles. The Hall–Kier alpha value is -1.39. The summed E-state index contributed by atoms with van der Waals surface area (Å²) in [4.78, 5) is 15.7. The number of aliphatic carboxylic acids is 1. The first-order valence-electron chi connectivity index (χ1n) is 6.31. The van der Waals surface area contributed by atoms with Gasteiger partial charge in [-0.15, -0.1) is 0 Å². The van der Waals surface area contributed by atoms with Gasteiger partial charge in [-0.3, -0.25) is 4.79 Å². The largest absolute Gasteiger partial charge is 0.481 e. The van der Waals surface area contributed by atoms with E-state index in [1.807, 2.05) is 34.6 Å². The highest BCUT2D eigenvalue weighted by Gasteiger charge is 2.37. The fourth-order valence-electron chi connectivity index (χ4n) is 1.80. The molecule has 1 heterocycles. The Morgan fingerprint density at radius 3 is 2.17 bits per heavy atom. The maximum absolute atomic E-state index is 11.4. The van der Waals surface area contributed by atoms with Gasteiger partial charge >= 0.3 is 5.97 Å². The van der Waals surface area contributed by atoms with Crippen molar-refractivity contribution in [3.05, 3.63) is 11.7 Å². The summed E-state index contributed by atoms with van der Waals surface area (Å²) in [6.07, 6.45) is 1.39. The summed E-state index contributed by atoms with van der Waals surface area (Å²) in [5.41, 5.74) is -0.992. The Morgan fingerprint density at radius 1 is 1.28 bits per heavy atom. The quantitative estimate of drug-likeness (QED) is 0.874. The number of carboxylic acids is 1. The topological polar surface area (TPSA) is 76.2 Å². The van der Waals surface area contributed by atoms with E-state index < -0.39 is 11.4 Å². The van der Waals surface area contributed by atoms with Gasteiger partial charge in [-0.05, 0) is 12.8 Å². The fourth-order valence-corrected chi connectivity index (χ4v) is 1.80. The van der Waals surface area contributed by atoms with E-state index in [0.29, 0.717) is 31.0 Å². The number of nitrogens with zero attached hydrogens (tertiary/aromatic N) is 2. The number of rotatable bonds is 5. The molecule has 1 aromatic rings. The molecule has 0 bridgehead atoms. The summed E-state index contributed by atoms with van der Waals surface area (Å²) >= 11 is 0. The van der Waals surface area contributed by atoms with Gasteiger partial charge in [0.2, 0.25) is 5.89 Å². The second-order valence-electron chi connectivity index (χ2n) is 5.73. The average molecular weight is 254 g/mol.